The average molecular weight is 276 g/mol. The Morgan fingerprint density at radius 3 is 2.63 bits per heavy atom. The molecule has 0 heterocycles. The second-order valence-corrected chi connectivity index (χ2v) is 4.67. The first-order valence-corrected chi connectivity index (χ1v) is 6.30. The van der Waals surface area contributed by atoms with Crippen LogP contribution in [0.3, 0.4) is 0 Å². The number of nitrogens with one attached hydrogen (secondary N) is 1. The standard InChI is InChI=1S/C15H14ClNO2/c1-10(13-7-2-3-8-14(13)16)17-15(19)11-5-4-6-12(18)9-11/h2-10,18H,1H3,(H,17,19). The molecule has 0 aliphatic heterocycles. The molecule has 0 saturated heterocycles. The van der Waals surface area contributed by atoms with Crippen molar-refractivity contribution in [1.82, 2.24) is 5.32 Å². The maximum Gasteiger partial charge on any atom is 0.251 e. The number of halogens is 1. The first-order chi connectivity index (χ1) is 9.08. The Bertz CT molecular complexity index is 598. The molecule has 0 bridgehead atoms. The van der Waals surface area contributed by atoms with Crippen LogP contribution in [-0.4, -0.2) is 11.0 Å². The number of phenolic OH excluding ortho intramolecular Hbond substituents is 1. The van der Waals surface area contributed by atoms with Gasteiger partial charge in [0, 0.05) is 10.6 Å². The molecule has 3 nitrogen and oxygen atoms in total. The Hall–Kier alpha value is -2.00. The van der Waals surface area contributed by atoms with Gasteiger partial charge in [0.05, 0.1) is 6.04 Å². The Kier molecular flexibility index (Phi) is 4.07. The summed E-state index contributed by atoms with van der Waals surface area (Å²) < 4.78 is 0. The van der Waals surface area contributed by atoms with Crippen molar-refractivity contribution in [3.8, 4) is 5.75 Å². The van der Waals surface area contributed by atoms with Gasteiger partial charge in [-0.05, 0) is 36.8 Å². The molecule has 19 heavy (non-hydrogen) atoms. The number of aromatic hydroxyl groups is 1. The fraction of sp³-hybridized carbons (Fsp3) is 0.133. The fourth-order valence-electron chi connectivity index (χ4n) is 1.83. The molecule has 2 rings (SSSR count). The molecular weight excluding hydrogens is 262 g/mol. The lowest BCUT2D eigenvalue weighted by Crippen LogP contribution is -2.26. The minimum Gasteiger partial charge on any atom is -0.508 e. The first-order valence-electron chi connectivity index (χ1n) is 5.92. The van der Waals surface area contributed by atoms with E-state index >= 15 is 0 Å². The number of amides is 1. The van der Waals surface area contributed by atoms with Gasteiger partial charge in [-0.3, -0.25) is 4.79 Å². The highest BCUT2D eigenvalue weighted by Gasteiger charge is 2.13. The van der Waals surface area contributed by atoms with Crippen LogP contribution in [-0.2, 0) is 0 Å². The molecule has 1 unspecified atom stereocenters. The summed E-state index contributed by atoms with van der Waals surface area (Å²) in [4.78, 5) is 12.0. The van der Waals surface area contributed by atoms with Crippen LogP contribution in [0.4, 0.5) is 0 Å². The molecular formula is C15H14ClNO2. The van der Waals surface area contributed by atoms with Crippen LogP contribution in [0, 0.1) is 0 Å². The summed E-state index contributed by atoms with van der Waals surface area (Å²) in [7, 11) is 0. The predicted molar refractivity (Wildman–Crippen MR) is 75.4 cm³/mol. The quantitative estimate of drug-likeness (QED) is 0.900. The van der Waals surface area contributed by atoms with Crippen molar-refractivity contribution in [2.24, 2.45) is 0 Å². The van der Waals surface area contributed by atoms with E-state index in [1.807, 2.05) is 25.1 Å². The highest BCUT2D eigenvalue weighted by molar-refractivity contribution is 6.31. The first kappa shape index (κ1) is 13.4. The monoisotopic (exact) mass is 275 g/mol. The Morgan fingerprint density at radius 1 is 1.21 bits per heavy atom. The summed E-state index contributed by atoms with van der Waals surface area (Å²) in [5.74, 6) is -0.179. The molecule has 1 amide bonds. The van der Waals surface area contributed by atoms with Gasteiger partial charge in [-0.1, -0.05) is 35.9 Å². The third-order valence-corrected chi connectivity index (χ3v) is 3.17. The molecule has 2 aromatic carbocycles. The summed E-state index contributed by atoms with van der Waals surface area (Å²) in [5, 5.41) is 12.8. The smallest absolute Gasteiger partial charge is 0.251 e. The van der Waals surface area contributed by atoms with Gasteiger partial charge in [0.25, 0.3) is 5.91 Å². The maximum absolute atomic E-state index is 12.0. The average Bonchev–Trinajstić information content (AvgIpc) is 2.39. The zero-order chi connectivity index (χ0) is 13.8. The Labute approximate surface area is 116 Å². The zero-order valence-electron chi connectivity index (χ0n) is 10.4. The number of rotatable bonds is 3. The summed E-state index contributed by atoms with van der Waals surface area (Å²) in [6.45, 7) is 1.86. The second kappa shape index (κ2) is 5.76. The van der Waals surface area contributed by atoms with Crippen molar-refractivity contribution >= 4 is 17.5 Å². The van der Waals surface area contributed by atoms with E-state index in [1.165, 1.54) is 12.1 Å². The zero-order valence-corrected chi connectivity index (χ0v) is 11.2. The van der Waals surface area contributed by atoms with E-state index < -0.39 is 0 Å². The van der Waals surface area contributed by atoms with E-state index in [0.29, 0.717) is 10.6 Å². The molecule has 98 valence electrons. The van der Waals surface area contributed by atoms with E-state index in [9.17, 15) is 9.90 Å². The van der Waals surface area contributed by atoms with Crippen molar-refractivity contribution < 1.29 is 9.90 Å². The lowest BCUT2D eigenvalue weighted by atomic mass is 10.1. The van der Waals surface area contributed by atoms with Crippen molar-refractivity contribution in [1.29, 1.82) is 0 Å². The third-order valence-electron chi connectivity index (χ3n) is 2.83. The molecule has 0 aromatic heterocycles. The predicted octanol–water partition coefficient (Wildman–Crippen LogP) is 3.54. The highest BCUT2D eigenvalue weighted by atomic mass is 35.5. The van der Waals surface area contributed by atoms with Gasteiger partial charge in [-0.2, -0.15) is 0 Å². The summed E-state index contributed by atoms with van der Waals surface area (Å²) >= 11 is 6.08. The molecule has 0 aliphatic rings. The van der Waals surface area contributed by atoms with Gasteiger partial charge in [-0.15, -0.1) is 0 Å². The van der Waals surface area contributed by atoms with E-state index in [-0.39, 0.29) is 17.7 Å². The van der Waals surface area contributed by atoms with Gasteiger partial charge < -0.3 is 10.4 Å². The summed E-state index contributed by atoms with van der Waals surface area (Å²) in [6, 6.07) is 13.4. The molecule has 2 N–H and O–H groups in total. The molecule has 0 aliphatic carbocycles. The molecule has 0 saturated carbocycles. The largest absolute Gasteiger partial charge is 0.508 e. The van der Waals surface area contributed by atoms with E-state index in [2.05, 4.69) is 5.32 Å². The molecule has 0 fully saturated rings. The molecule has 2 aromatic rings. The molecule has 0 radical (unpaired) electrons. The van der Waals surface area contributed by atoms with Gasteiger partial charge in [0.15, 0.2) is 0 Å². The molecule has 0 spiro atoms. The van der Waals surface area contributed by atoms with Gasteiger partial charge in [0.1, 0.15) is 5.75 Å². The number of hydrogen-bond acceptors (Lipinski definition) is 2. The van der Waals surface area contributed by atoms with Crippen LogP contribution in [0.5, 0.6) is 5.75 Å². The van der Waals surface area contributed by atoms with Crippen LogP contribution < -0.4 is 5.32 Å². The summed E-state index contributed by atoms with van der Waals surface area (Å²) in [6.07, 6.45) is 0. The van der Waals surface area contributed by atoms with Crippen molar-refractivity contribution in [3.63, 3.8) is 0 Å². The maximum atomic E-state index is 12.0. The van der Waals surface area contributed by atoms with Crippen LogP contribution in [0.25, 0.3) is 0 Å². The van der Waals surface area contributed by atoms with E-state index in [0.717, 1.165) is 5.56 Å². The fourth-order valence-corrected chi connectivity index (χ4v) is 2.13. The SMILES string of the molecule is CC(NC(=O)c1cccc(O)c1)c1ccccc1Cl. The third kappa shape index (κ3) is 3.26. The topological polar surface area (TPSA) is 49.3 Å². The van der Waals surface area contributed by atoms with Crippen LogP contribution in [0.1, 0.15) is 28.9 Å². The second-order valence-electron chi connectivity index (χ2n) is 4.27. The van der Waals surface area contributed by atoms with Crippen molar-refractivity contribution in [2.75, 3.05) is 0 Å². The number of phenols is 1. The molecule has 4 heteroatoms. The van der Waals surface area contributed by atoms with E-state index in [1.54, 1.807) is 18.2 Å². The van der Waals surface area contributed by atoms with Crippen LogP contribution in [0.15, 0.2) is 48.5 Å². The minimum absolute atomic E-state index is 0.0676. The molecule has 1 atom stereocenters. The highest BCUT2D eigenvalue weighted by Crippen LogP contribution is 2.22. The Balaban J connectivity index is 2.13. The lowest BCUT2D eigenvalue weighted by Gasteiger charge is -2.15. The Morgan fingerprint density at radius 2 is 1.95 bits per heavy atom. The number of carbonyl (C=O) groups excluding carboxylic acids is 1. The summed E-state index contributed by atoms with van der Waals surface area (Å²) in [5.41, 5.74) is 1.27. The number of carbonyl (C=O) groups is 1. The van der Waals surface area contributed by atoms with Gasteiger partial charge in [0.2, 0.25) is 0 Å². The lowest BCUT2D eigenvalue weighted by molar-refractivity contribution is 0.0939. The van der Waals surface area contributed by atoms with Gasteiger partial charge >= 0.3 is 0 Å². The number of hydrogen-bond donors (Lipinski definition) is 2. The number of benzene rings is 2. The normalized spacial score (nSPS) is 11.9. The van der Waals surface area contributed by atoms with Gasteiger partial charge in [-0.25, -0.2) is 0 Å². The van der Waals surface area contributed by atoms with E-state index in [4.69, 9.17) is 11.6 Å². The minimum atomic E-state index is -0.247. The van der Waals surface area contributed by atoms with Crippen molar-refractivity contribution in [2.45, 2.75) is 13.0 Å². The van der Waals surface area contributed by atoms with Crippen LogP contribution in [0.2, 0.25) is 5.02 Å². The van der Waals surface area contributed by atoms with Crippen molar-refractivity contribution in [3.05, 3.63) is 64.7 Å². The van der Waals surface area contributed by atoms with Crippen LogP contribution >= 0.6 is 11.6 Å².